The molecule has 4 rings (SSSR count). The Kier molecular flexibility index (Phi) is 5.37. The molecule has 2 fully saturated rings. The number of methoxy groups -OCH3 is 1. The van der Waals surface area contributed by atoms with E-state index in [0.29, 0.717) is 17.6 Å². The van der Waals surface area contributed by atoms with Crippen LogP contribution < -0.4 is 15.8 Å². The van der Waals surface area contributed by atoms with Crippen LogP contribution in [0.4, 0.5) is 5.95 Å². The summed E-state index contributed by atoms with van der Waals surface area (Å²) in [6.45, 7) is 0.899. The van der Waals surface area contributed by atoms with E-state index in [1.807, 2.05) is 18.2 Å². The summed E-state index contributed by atoms with van der Waals surface area (Å²) in [4.78, 5) is 23.2. The van der Waals surface area contributed by atoms with Crippen LogP contribution in [0.1, 0.15) is 41.6 Å². The lowest BCUT2D eigenvalue weighted by Crippen LogP contribution is -2.50. The monoisotopic (exact) mass is 401 g/mol. The smallest absolute Gasteiger partial charge is 0.258 e. The van der Waals surface area contributed by atoms with E-state index in [2.05, 4.69) is 26.3 Å². The molecule has 2 unspecified atom stereocenters. The number of amides is 1. The molecule has 8 heteroatoms. The van der Waals surface area contributed by atoms with Gasteiger partial charge < -0.3 is 15.8 Å². The van der Waals surface area contributed by atoms with Gasteiger partial charge in [0.05, 0.1) is 7.11 Å². The number of rotatable bonds is 5. The first-order valence-corrected chi connectivity index (χ1v) is 9.89. The number of hydrogen-bond acceptors (Lipinski definition) is 6. The maximum Gasteiger partial charge on any atom is 0.258 e. The summed E-state index contributed by atoms with van der Waals surface area (Å²) in [7, 11) is 1.47. The first-order valence-electron chi connectivity index (χ1n) is 9.51. The molecule has 28 heavy (non-hydrogen) atoms. The van der Waals surface area contributed by atoms with Gasteiger partial charge in [-0.2, -0.15) is 4.98 Å². The fraction of sp³-hybridized carbons (Fsp3) is 0.450. The van der Waals surface area contributed by atoms with Gasteiger partial charge in [-0.25, -0.2) is 4.98 Å². The molecule has 148 valence electrons. The molecule has 1 aromatic carbocycles. The van der Waals surface area contributed by atoms with Crippen LogP contribution in [0.5, 0.6) is 5.88 Å². The molecule has 2 aliphatic rings. The number of halogens is 1. The quantitative estimate of drug-likeness (QED) is 0.800. The number of carbonyl (C=O) groups is 1. The minimum Gasteiger partial charge on any atom is -0.480 e. The van der Waals surface area contributed by atoms with Crippen LogP contribution in [0.15, 0.2) is 30.5 Å². The highest BCUT2D eigenvalue weighted by atomic mass is 35.5. The molecular weight excluding hydrogens is 378 g/mol. The molecular formula is C20H24ClN5O2. The summed E-state index contributed by atoms with van der Waals surface area (Å²) in [6.07, 6.45) is 5.60. The maximum absolute atomic E-state index is 12.7. The van der Waals surface area contributed by atoms with Gasteiger partial charge in [-0.3, -0.25) is 9.69 Å². The van der Waals surface area contributed by atoms with Crippen LogP contribution in [0.2, 0.25) is 5.02 Å². The normalized spacial score (nSPS) is 24.1. The Morgan fingerprint density at radius 2 is 2.11 bits per heavy atom. The van der Waals surface area contributed by atoms with E-state index in [4.69, 9.17) is 22.1 Å². The van der Waals surface area contributed by atoms with E-state index in [-0.39, 0.29) is 23.8 Å². The standard InChI is InChI=1S/C20H24ClN5O2/c1-28-19-17(10-23-20(22)25-19)18(27)24-14-8-15-5-6-16(9-14)26(15)11-12-3-2-4-13(21)7-12/h2-4,7,10,14-16H,5-6,8-9,11H2,1H3,(H,24,27)(H2,22,23,25). The van der Waals surface area contributed by atoms with Crippen molar-refractivity contribution < 1.29 is 9.53 Å². The zero-order chi connectivity index (χ0) is 19.7. The third-order valence-electron chi connectivity index (χ3n) is 5.68. The van der Waals surface area contributed by atoms with E-state index >= 15 is 0 Å². The molecule has 1 amide bonds. The predicted molar refractivity (Wildman–Crippen MR) is 107 cm³/mol. The Morgan fingerprint density at radius 3 is 2.79 bits per heavy atom. The Bertz CT molecular complexity index is 863. The number of ether oxygens (including phenoxy) is 1. The molecule has 0 spiro atoms. The van der Waals surface area contributed by atoms with Crippen molar-refractivity contribution in [1.29, 1.82) is 0 Å². The SMILES string of the molecule is COc1nc(N)ncc1C(=O)NC1CC2CCC(C1)N2Cc1cccc(Cl)c1. The van der Waals surface area contributed by atoms with Gasteiger partial charge in [-0.05, 0) is 43.4 Å². The third-order valence-corrected chi connectivity index (χ3v) is 5.92. The number of carbonyl (C=O) groups excluding carboxylic acids is 1. The third kappa shape index (κ3) is 3.91. The lowest BCUT2D eigenvalue weighted by Gasteiger charge is -2.39. The van der Waals surface area contributed by atoms with Crippen molar-refractivity contribution >= 4 is 23.5 Å². The van der Waals surface area contributed by atoms with Gasteiger partial charge >= 0.3 is 0 Å². The number of benzene rings is 1. The van der Waals surface area contributed by atoms with Crippen molar-refractivity contribution in [2.24, 2.45) is 0 Å². The van der Waals surface area contributed by atoms with Crippen LogP contribution in [-0.4, -0.2) is 46.0 Å². The Morgan fingerprint density at radius 1 is 1.36 bits per heavy atom. The van der Waals surface area contributed by atoms with Gasteiger partial charge in [-0.1, -0.05) is 23.7 Å². The number of nitrogens with two attached hydrogens (primary N) is 1. The summed E-state index contributed by atoms with van der Waals surface area (Å²) in [6, 6.07) is 9.10. The summed E-state index contributed by atoms with van der Waals surface area (Å²) >= 11 is 6.13. The van der Waals surface area contributed by atoms with Gasteiger partial charge in [0.1, 0.15) is 5.56 Å². The maximum atomic E-state index is 12.7. The number of nitrogen functional groups attached to an aromatic ring is 1. The van der Waals surface area contributed by atoms with Crippen molar-refractivity contribution in [1.82, 2.24) is 20.2 Å². The fourth-order valence-electron chi connectivity index (χ4n) is 4.45. The highest BCUT2D eigenvalue weighted by Gasteiger charge is 2.41. The van der Waals surface area contributed by atoms with Gasteiger partial charge in [0.25, 0.3) is 5.91 Å². The number of piperidine rings is 1. The minimum atomic E-state index is -0.218. The number of nitrogens with zero attached hydrogens (tertiary/aromatic N) is 3. The summed E-state index contributed by atoms with van der Waals surface area (Å²) in [5.41, 5.74) is 7.11. The lowest BCUT2D eigenvalue weighted by atomic mass is 9.96. The van der Waals surface area contributed by atoms with Crippen LogP contribution >= 0.6 is 11.6 Å². The Labute approximate surface area is 169 Å². The second-order valence-corrected chi connectivity index (χ2v) is 7.92. The van der Waals surface area contributed by atoms with Crippen LogP contribution in [-0.2, 0) is 6.54 Å². The zero-order valence-corrected chi connectivity index (χ0v) is 16.5. The fourth-order valence-corrected chi connectivity index (χ4v) is 4.66. The van der Waals surface area contributed by atoms with Crippen LogP contribution in [0.25, 0.3) is 0 Å². The summed E-state index contributed by atoms with van der Waals surface area (Å²) < 4.78 is 5.17. The summed E-state index contributed by atoms with van der Waals surface area (Å²) in [5.74, 6) is 0.0664. The molecule has 2 bridgehead atoms. The largest absolute Gasteiger partial charge is 0.480 e. The molecule has 3 N–H and O–H groups in total. The van der Waals surface area contributed by atoms with E-state index in [9.17, 15) is 4.79 Å². The van der Waals surface area contributed by atoms with E-state index in [1.54, 1.807) is 0 Å². The predicted octanol–water partition coefficient (Wildman–Crippen LogP) is 2.65. The molecule has 3 heterocycles. The Hall–Kier alpha value is -2.38. The van der Waals surface area contributed by atoms with Crippen LogP contribution in [0, 0.1) is 0 Å². The number of fused-ring (bicyclic) bond motifs is 2. The second-order valence-electron chi connectivity index (χ2n) is 7.48. The molecule has 0 saturated carbocycles. The Balaban J connectivity index is 1.41. The highest BCUT2D eigenvalue weighted by molar-refractivity contribution is 6.30. The number of anilines is 1. The average Bonchev–Trinajstić information content (AvgIpc) is 2.90. The van der Waals surface area contributed by atoms with Gasteiger partial charge in [0.2, 0.25) is 11.8 Å². The van der Waals surface area contributed by atoms with E-state index in [1.165, 1.54) is 18.9 Å². The molecule has 0 aliphatic carbocycles. The second kappa shape index (κ2) is 7.93. The zero-order valence-electron chi connectivity index (χ0n) is 15.8. The highest BCUT2D eigenvalue weighted by Crippen LogP contribution is 2.37. The van der Waals surface area contributed by atoms with E-state index < -0.39 is 0 Å². The van der Waals surface area contributed by atoms with Crippen molar-refractivity contribution in [3.63, 3.8) is 0 Å². The van der Waals surface area contributed by atoms with Crippen molar-refractivity contribution in [3.8, 4) is 5.88 Å². The minimum absolute atomic E-state index is 0.0840. The topological polar surface area (TPSA) is 93.4 Å². The first-order chi connectivity index (χ1) is 13.5. The molecule has 7 nitrogen and oxygen atoms in total. The van der Waals surface area contributed by atoms with Gasteiger partial charge in [0.15, 0.2) is 0 Å². The number of hydrogen-bond donors (Lipinski definition) is 2. The van der Waals surface area contributed by atoms with Crippen molar-refractivity contribution in [2.75, 3.05) is 12.8 Å². The molecule has 0 radical (unpaired) electrons. The molecule has 2 aliphatic heterocycles. The molecule has 2 saturated heterocycles. The average molecular weight is 402 g/mol. The molecule has 1 aromatic heterocycles. The number of aromatic nitrogens is 2. The number of nitrogens with one attached hydrogen (secondary N) is 1. The van der Waals surface area contributed by atoms with Gasteiger partial charge in [-0.15, -0.1) is 0 Å². The summed E-state index contributed by atoms with van der Waals surface area (Å²) in [5, 5.41) is 3.91. The lowest BCUT2D eigenvalue weighted by molar-refractivity contribution is 0.0824. The van der Waals surface area contributed by atoms with Crippen LogP contribution in [0.3, 0.4) is 0 Å². The molecule has 2 atom stereocenters. The van der Waals surface area contributed by atoms with Gasteiger partial charge in [0, 0.05) is 35.9 Å². The van der Waals surface area contributed by atoms with E-state index in [0.717, 1.165) is 37.3 Å². The molecule has 2 aromatic rings. The van der Waals surface area contributed by atoms with Crippen molar-refractivity contribution in [2.45, 2.75) is 50.4 Å². The first kappa shape index (κ1) is 19.0. The van der Waals surface area contributed by atoms with Crippen molar-refractivity contribution in [3.05, 3.63) is 46.6 Å².